The lowest BCUT2D eigenvalue weighted by Gasteiger charge is -2.18. The monoisotopic (exact) mass is 357 g/mol. The molecule has 0 bridgehead atoms. The summed E-state index contributed by atoms with van der Waals surface area (Å²) in [6.07, 6.45) is 1.48. The summed E-state index contributed by atoms with van der Waals surface area (Å²) in [5.41, 5.74) is 2.66. The summed E-state index contributed by atoms with van der Waals surface area (Å²) < 4.78 is 0. The zero-order valence-corrected chi connectivity index (χ0v) is 15.6. The maximum atomic E-state index is 12.3. The lowest BCUT2D eigenvalue weighted by molar-refractivity contribution is -0.117. The molecule has 1 aromatic carbocycles. The standard InChI is InChI=1S/C19H23N3O2S/c1-12-10-17(14(3)25-12)13(2)20-19(24)21-15-6-4-7-16(11-15)22-9-5-8-18(22)23/h4,6-7,10-11,13H,5,8-9H2,1-3H3,(H2,20,21,24). The van der Waals surface area contributed by atoms with Crippen LogP contribution < -0.4 is 15.5 Å². The minimum absolute atomic E-state index is 0.0618. The SMILES string of the molecule is Cc1cc(C(C)NC(=O)Nc2cccc(N3CCCC3=O)c2)c(C)s1. The van der Waals surface area contributed by atoms with Gasteiger partial charge in [-0.15, -0.1) is 11.3 Å². The molecular formula is C19H23N3O2S. The van der Waals surface area contributed by atoms with Crippen molar-refractivity contribution in [2.45, 2.75) is 39.7 Å². The van der Waals surface area contributed by atoms with Crippen LogP contribution in [0.25, 0.3) is 0 Å². The number of amides is 3. The first-order chi connectivity index (χ1) is 11.9. The molecule has 132 valence electrons. The molecule has 6 heteroatoms. The topological polar surface area (TPSA) is 61.4 Å². The van der Waals surface area contributed by atoms with Crippen molar-refractivity contribution >= 4 is 34.6 Å². The Bertz CT molecular complexity index is 800. The molecule has 1 atom stereocenters. The van der Waals surface area contributed by atoms with Crippen LogP contribution in [-0.4, -0.2) is 18.5 Å². The Morgan fingerprint density at radius 1 is 1.28 bits per heavy atom. The van der Waals surface area contributed by atoms with E-state index in [2.05, 4.69) is 30.5 Å². The molecule has 2 N–H and O–H groups in total. The van der Waals surface area contributed by atoms with E-state index in [-0.39, 0.29) is 18.0 Å². The van der Waals surface area contributed by atoms with Gasteiger partial charge in [-0.25, -0.2) is 4.79 Å². The number of thiophene rings is 1. The van der Waals surface area contributed by atoms with Crippen molar-refractivity contribution in [2.75, 3.05) is 16.8 Å². The number of hydrogen-bond donors (Lipinski definition) is 2. The maximum absolute atomic E-state index is 12.3. The molecule has 0 saturated carbocycles. The Hall–Kier alpha value is -2.34. The average Bonchev–Trinajstić information content (AvgIpc) is 3.12. The van der Waals surface area contributed by atoms with E-state index in [0.29, 0.717) is 12.1 Å². The highest BCUT2D eigenvalue weighted by Gasteiger charge is 2.22. The first-order valence-electron chi connectivity index (χ1n) is 8.49. The van der Waals surface area contributed by atoms with Gasteiger partial charge in [0, 0.05) is 34.1 Å². The zero-order valence-electron chi connectivity index (χ0n) is 14.8. The fourth-order valence-electron chi connectivity index (χ4n) is 3.19. The van der Waals surface area contributed by atoms with E-state index in [1.54, 1.807) is 16.2 Å². The molecule has 3 amide bonds. The van der Waals surface area contributed by atoms with Gasteiger partial charge in [0.05, 0.1) is 6.04 Å². The van der Waals surface area contributed by atoms with Crippen LogP contribution in [0.3, 0.4) is 0 Å². The summed E-state index contributed by atoms with van der Waals surface area (Å²) in [4.78, 5) is 28.4. The summed E-state index contributed by atoms with van der Waals surface area (Å²) >= 11 is 1.74. The molecular weight excluding hydrogens is 334 g/mol. The Morgan fingerprint density at radius 3 is 2.72 bits per heavy atom. The number of nitrogens with one attached hydrogen (secondary N) is 2. The molecule has 25 heavy (non-hydrogen) atoms. The highest BCUT2D eigenvalue weighted by Crippen LogP contribution is 2.27. The third-order valence-electron chi connectivity index (χ3n) is 4.38. The van der Waals surface area contributed by atoms with Crippen LogP contribution in [0, 0.1) is 13.8 Å². The first-order valence-corrected chi connectivity index (χ1v) is 9.30. The highest BCUT2D eigenvalue weighted by atomic mass is 32.1. The van der Waals surface area contributed by atoms with E-state index < -0.39 is 0 Å². The van der Waals surface area contributed by atoms with Crippen LogP contribution in [0.2, 0.25) is 0 Å². The Kier molecular flexibility index (Phi) is 5.08. The molecule has 0 aliphatic carbocycles. The predicted molar refractivity (Wildman–Crippen MR) is 102 cm³/mol. The van der Waals surface area contributed by atoms with Gasteiger partial charge in [-0.1, -0.05) is 6.07 Å². The molecule has 5 nitrogen and oxygen atoms in total. The lowest BCUT2D eigenvalue weighted by atomic mass is 10.1. The largest absolute Gasteiger partial charge is 0.331 e. The van der Waals surface area contributed by atoms with Crippen LogP contribution in [0.15, 0.2) is 30.3 Å². The van der Waals surface area contributed by atoms with Gasteiger partial charge < -0.3 is 15.5 Å². The van der Waals surface area contributed by atoms with Gasteiger partial charge in [-0.2, -0.15) is 0 Å². The van der Waals surface area contributed by atoms with Crippen molar-refractivity contribution in [1.82, 2.24) is 5.32 Å². The van der Waals surface area contributed by atoms with Crippen molar-refractivity contribution in [3.63, 3.8) is 0 Å². The fraction of sp³-hybridized carbons (Fsp3) is 0.368. The van der Waals surface area contributed by atoms with Gasteiger partial charge in [0.25, 0.3) is 0 Å². The zero-order chi connectivity index (χ0) is 18.0. The Labute approximate surface area is 152 Å². The van der Waals surface area contributed by atoms with Gasteiger partial charge in [-0.05, 0) is 57.0 Å². The van der Waals surface area contributed by atoms with E-state index in [1.807, 2.05) is 31.2 Å². The third kappa shape index (κ3) is 4.02. The van der Waals surface area contributed by atoms with Gasteiger partial charge in [0.1, 0.15) is 0 Å². The second kappa shape index (κ2) is 7.27. The van der Waals surface area contributed by atoms with Gasteiger partial charge in [0.15, 0.2) is 0 Å². The predicted octanol–water partition coefficient (Wildman–Crippen LogP) is 4.37. The van der Waals surface area contributed by atoms with Crippen LogP contribution in [-0.2, 0) is 4.79 Å². The van der Waals surface area contributed by atoms with Crippen molar-refractivity contribution in [3.8, 4) is 0 Å². The van der Waals surface area contributed by atoms with Gasteiger partial charge in [-0.3, -0.25) is 4.79 Å². The number of benzene rings is 1. The molecule has 2 aromatic rings. The summed E-state index contributed by atoms with van der Waals surface area (Å²) in [5.74, 6) is 0.138. The van der Waals surface area contributed by atoms with Crippen molar-refractivity contribution in [2.24, 2.45) is 0 Å². The molecule has 2 heterocycles. The molecule has 0 radical (unpaired) electrons. The third-order valence-corrected chi connectivity index (χ3v) is 5.36. The van der Waals surface area contributed by atoms with Gasteiger partial charge in [0.2, 0.25) is 5.91 Å². The minimum atomic E-state index is -0.249. The van der Waals surface area contributed by atoms with Crippen molar-refractivity contribution in [1.29, 1.82) is 0 Å². The molecule has 1 aliphatic rings. The molecule has 1 fully saturated rings. The molecule has 3 rings (SSSR count). The van der Waals surface area contributed by atoms with E-state index in [1.165, 1.54) is 9.75 Å². The van der Waals surface area contributed by atoms with Crippen LogP contribution in [0.5, 0.6) is 0 Å². The first kappa shape index (κ1) is 17.5. The molecule has 1 saturated heterocycles. The second-order valence-corrected chi connectivity index (χ2v) is 7.85. The van der Waals surface area contributed by atoms with E-state index >= 15 is 0 Å². The molecule has 1 aromatic heterocycles. The lowest BCUT2D eigenvalue weighted by Crippen LogP contribution is -2.31. The smallest absolute Gasteiger partial charge is 0.319 e. The number of nitrogens with zero attached hydrogens (tertiary/aromatic N) is 1. The minimum Gasteiger partial charge on any atom is -0.331 e. The average molecular weight is 357 g/mol. The highest BCUT2D eigenvalue weighted by molar-refractivity contribution is 7.12. The second-order valence-electron chi connectivity index (χ2n) is 6.39. The number of rotatable bonds is 4. The van der Waals surface area contributed by atoms with E-state index in [9.17, 15) is 9.59 Å². The number of carbonyl (C=O) groups excluding carboxylic acids is 2. The molecule has 1 aliphatic heterocycles. The summed E-state index contributed by atoms with van der Waals surface area (Å²) in [5, 5.41) is 5.84. The summed E-state index contributed by atoms with van der Waals surface area (Å²) in [7, 11) is 0. The Morgan fingerprint density at radius 2 is 2.08 bits per heavy atom. The summed E-state index contributed by atoms with van der Waals surface area (Å²) in [6, 6.07) is 9.22. The molecule has 1 unspecified atom stereocenters. The number of carbonyl (C=O) groups is 2. The molecule has 0 spiro atoms. The van der Waals surface area contributed by atoms with Crippen molar-refractivity contribution in [3.05, 3.63) is 45.6 Å². The van der Waals surface area contributed by atoms with Crippen LogP contribution in [0.1, 0.15) is 41.1 Å². The summed E-state index contributed by atoms with van der Waals surface area (Å²) in [6.45, 7) is 6.86. The fourth-order valence-corrected chi connectivity index (χ4v) is 4.22. The maximum Gasteiger partial charge on any atom is 0.319 e. The van der Waals surface area contributed by atoms with Crippen LogP contribution >= 0.6 is 11.3 Å². The van der Waals surface area contributed by atoms with E-state index in [0.717, 1.165) is 24.2 Å². The number of hydrogen-bond acceptors (Lipinski definition) is 3. The number of urea groups is 1. The number of aryl methyl sites for hydroxylation is 2. The normalized spacial score (nSPS) is 15.3. The van der Waals surface area contributed by atoms with E-state index in [4.69, 9.17) is 0 Å². The van der Waals surface area contributed by atoms with Crippen molar-refractivity contribution < 1.29 is 9.59 Å². The quantitative estimate of drug-likeness (QED) is 0.853. The Balaban J connectivity index is 1.65. The van der Waals surface area contributed by atoms with Crippen LogP contribution in [0.4, 0.5) is 16.2 Å². The number of anilines is 2. The van der Waals surface area contributed by atoms with Gasteiger partial charge >= 0.3 is 6.03 Å².